The van der Waals surface area contributed by atoms with Crippen molar-refractivity contribution in [1.29, 1.82) is 0 Å². The molecule has 130 valence electrons. The molecule has 0 bridgehead atoms. The molecule has 0 spiro atoms. The average Bonchev–Trinajstić information content (AvgIpc) is 3.01. The van der Waals surface area contributed by atoms with E-state index in [1.807, 2.05) is 6.92 Å². The maximum atomic E-state index is 12.9. The molecule has 0 aromatic carbocycles. The Morgan fingerprint density at radius 2 is 1.79 bits per heavy atom. The second-order valence-electron chi connectivity index (χ2n) is 6.00. The number of aromatic hydroxyl groups is 1. The summed E-state index contributed by atoms with van der Waals surface area (Å²) in [6.07, 6.45) is 2.71. The molecule has 0 amide bonds. The fourth-order valence-corrected chi connectivity index (χ4v) is 2.88. The van der Waals surface area contributed by atoms with Gasteiger partial charge in [0, 0.05) is 50.8 Å². The smallest absolute Gasteiger partial charge is 0.319 e. The van der Waals surface area contributed by atoms with Crippen LogP contribution in [0.1, 0.15) is 23.8 Å². The summed E-state index contributed by atoms with van der Waals surface area (Å²) >= 11 is 0. The lowest BCUT2D eigenvalue weighted by Gasteiger charge is -2.34. The summed E-state index contributed by atoms with van der Waals surface area (Å²) < 4.78 is 26.6. The molecule has 0 unspecified atom stereocenters. The highest BCUT2D eigenvalue weighted by Crippen LogP contribution is 2.19. The first-order valence-corrected chi connectivity index (χ1v) is 7.93. The first-order valence-electron chi connectivity index (χ1n) is 7.93. The average molecular weight is 337 g/mol. The summed E-state index contributed by atoms with van der Waals surface area (Å²) in [7, 11) is 0. The van der Waals surface area contributed by atoms with Crippen molar-refractivity contribution in [3.63, 3.8) is 0 Å². The van der Waals surface area contributed by atoms with Crippen LogP contribution >= 0.6 is 0 Å². The summed E-state index contributed by atoms with van der Waals surface area (Å²) in [6.45, 7) is 3.47. The molecule has 0 radical (unpaired) electrons. The van der Waals surface area contributed by atoms with Crippen LogP contribution in [0.25, 0.3) is 0 Å². The van der Waals surface area contributed by atoms with E-state index in [1.165, 1.54) is 12.4 Å². The van der Waals surface area contributed by atoms with Crippen molar-refractivity contribution in [2.75, 3.05) is 26.2 Å². The lowest BCUT2D eigenvalue weighted by molar-refractivity contribution is 0.0602. The summed E-state index contributed by atoms with van der Waals surface area (Å²) in [6, 6.07) is 3.44. The Kier molecular flexibility index (Phi) is 5.06. The van der Waals surface area contributed by atoms with Gasteiger partial charge in [-0.15, -0.1) is 0 Å². The summed E-state index contributed by atoms with van der Waals surface area (Å²) in [5.41, 5.74) is 1.55. The molecular formula is C16H21F2N5O. The number of hydrogen-bond acceptors (Lipinski definition) is 5. The molecule has 1 aliphatic rings. The SMILES string of the molecule is Cc1ccc(O)c(CN2CCN(Cc3nccn3C(F)F)CC2)n1. The first kappa shape index (κ1) is 16.8. The van der Waals surface area contributed by atoms with E-state index in [2.05, 4.69) is 19.8 Å². The largest absolute Gasteiger partial charge is 0.506 e. The third kappa shape index (κ3) is 3.88. The normalized spacial score (nSPS) is 16.8. The van der Waals surface area contributed by atoms with Gasteiger partial charge in [-0.2, -0.15) is 8.78 Å². The number of imidazole rings is 1. The molecule has 6 nitrogen and oxygen atoms in total. The van der Waals surface area contributed by atoms with Crippen LogP contribution in [0.4, 0.5) is 8.78 Å². The predicted molar refractivity (Wildman–Crippen MR) is 84.7 cm³/mol. The highest BCUT2D eigenvalue weighted by Gasteiger charge is 2.21. The van der Waals surface area contributed by atoms with Crippen LogP contribution in [-0.2, 0) is 13.1 Å². The zero-order valence-electron chi connectivity index (χ0n) is 13.6. The number of aromatic nitrogens is 3. The number of alkyl halides is 2. The molecule has 2 aromatic heterocycles. The van der Waals surface area contributed by atoms with Crippen LogP contribution in [0.2, 0.25) is 0 Å². The Labute approximate surface area is 139 Å². The lowest BCUT2D eigenvalue weighted by Crippen LogP contribution is -2.45. The molecule has 3 heterocycles. The van der Waals surface area contributed by atoms with E-state index in [0.717, 1.165) is 36.4 Å². The molecule has 0 atom stereocenters. The Morgan fingerprint density at radius 3 is 2.46 bits per heavy atom. The Morgan fingerprint density at radius 1 is 1.12 bits per heavy atom. The van der Waals surface area contributed by atoms with Crippen molar-refractivity contribution in [2.45, 2.75) is 26.6 Å². The second-order valence-corrected chi connectivity index (χ2v) is 6.00. The lowest BCUT2D eigenvalue weighted by atomic mass is 10.2. The van der Waals surface area contributed by atoms with E-state index in [-0.39, 0.29) is 5.75 Å². The number of nitrogens with zero attached hydrogens (tertiary/aromatic N) is 5. The highest BCUT2D eigenvalue weighted by atomic mass is 19.3. The molecule has 24 heavy (non-hydrogen) atoms. The maximum absolute atomic E-state index is 12.9. The van der Waals surface area contributed by atoms with Crippen molar-refractivity contribution in [3.8, 4) is 5.75 Å². The van der Waals surface area contributed by atoms with E-state index in [0.29, 0.717) is 24.6 Å². The molecule has 2 aromatic rings. The van der Waals surface area contributed by atoms with Crippen LogP contribution in [0, 0.1) is 6.92 Å². The molecular weight excluding hydrogens is 316 g/mol. The zero-order chi connectivity index (χ0) is 17.1. The van der Waals surface area contributed by atoms with Gasteiger partial charge in [0.15, 0.2) is 0 Å². The standard InChI is InChI=1S/C16H21F2N5O/c1-12-2-3-14(24)13(20-12)10-21-6-8-22(9-7-21)11-15-19-4-5-23(15)16(17)18/h2-5,16,24H,6-11H2,1H3. The summed E-state index contributed by atoms with van der Waals surface area (Å²) in [5.74, 6) is 0.596. The predicted octanol–water partition coefficient (Wildman–Crippen LogP) is 2.01. The molecule has 1 saturated heterocycles. The molecule has 3 rings (SSSR count). The molecule has 1 N–H and O–H groups in total. The van der Waals surface area contributed by atoms with E-state index in [1.54, 1.807) is 12.1 Å². The molecule has 8 heteroatoms. The van der Waals surface area contributed by atoms with Gasteiger partial charge in [0.1, 0.15) is 11.6 Å². The molecule has 0 saturated carbocycles. The van der Waals surface area contributed by atoms with Crippen LogP contribution in [-0.4, -0.2) is 55.6 Å². The van der Waals surface area contributed by atoms with Crippen molar-refractivity contribution in [3.05, 3.63) is 41.7 Å². The Balaban J connectivity index is 1.54. The Bertz CT molecular complexity index is 683. The highest BCUT2D eigenvalue weighted by molar-refractivity contribution is 5.27. The number of hydrogen-bond donors (Lipinski definition) is 1. The van der Waals surface area contributed by atoms with E-state index in [4.69, 9.17) is 0 Å². The van der Waals surface area contributed by atoms with Crippen LogP contribution < -0.4 is 0 Å². The van der Waals surface area contributed by atoms with Crippen molar-refractivity contribution >= 4 is 0 Å². The van der Waals surface area contributed by atoms with Crippen LogP contribution in [0.3, 0.4) is 0 Å². The molecule has 1 fully saturated rings. The van der Waals surface area contributed by atoms with E-state index >= 15 is 0 Å². The molecule has 0 aliphatic carbocycles. The maximum Gasteiger partial charge on any atom is 0.319 e. The summed E-state index contributed by atoms with van der Waals surface area (Å²) in [4.78, 5) is 12.7. The molecule has 1 aliphatic heterocycles. The minimum atomic E-state index is -2.56. The van der Waals surface area contributed by atoms with E-state index < -0.39 is 6.55 Å². The quantitative estimate of drug-likeness (QED) is 0.904. The van der Waals surface area contributed by atoms with Crippen LogP contribution in [0.15, 0.2) is 24.5 Å². The minimum absolute atomic E-state index is 0.210. The number of halogens is 2. The second kappa shape index (κ2) is 7.23. The number of rotatable bonds is 5. The van der Waals surface area contributed by atoms with Gasteiger partial charge in [-0.1, -0.05) is 0 Å². The topological polar surface area (TPSA) is 57.4 Å². The van der Waals surface area contributed by atoms with Gasteiger partial charge in [0.25, 0.3) is 0 Å². The summed E-state index contributed by atoms with van der Waals surface area (Å²) in [5, 5.41) is 9.89. The Hall–Kier alpha value is -2.06. The van der Waals surface area contributed by atoms with Crippen LogP contribution in [0.5, 0.6) is 5.75 Å². The van der Waals surface area contributed by atoms with Gasteiger partial charge < -0.3 is 5.11 Å². The van der Waals surface area contributed by atoms with Crippen molar-refractivity contribution in [2.24, 2.45) is 0 Å². The van der Waals surface area contributed by atoms with Crippen molar-refractivity contribution in [1.82, 2.24) is 24.3 Å². The number of aryl methyl sites for hydroxylation is 1. The third-order valence-corrected chi connectivity index (χ3v) is 4.25. The van der Waals surface area contributed by atoms with Crippen molar-refractivity contribution < 1.29 is 13.9 Å². The van der Waals surface area contributed by atoms with Gasteiger partial charge >= 0.3 is 6.55 Å². The van der Waals surface area contributed by atoms with Gasteiger partial charge in [-0.3, -0.25) is 19.4 Å². The number of pyridine rings is 1. The monoisotopic (exact) mass is 337 g/mol. The third-order valence-electron chi connectivity index (χ3n) is 4.25. The van der Waals surface area contributed by atoms with Gasteiger partial charge in [0.05, 0.1) is 12.2 Å². The minimum Gasteiger partial charge on any atom is -0.506 e. The fraction of sp³-hybridized carbons (Fsp3) is 0.500. The van der Waals surface area contributed by atoms with Gasteiger partial charge in [0.2, 0.25) is 0 Å². The van der Waals surface area contributed by atoms with Gasteiger partial charge in [-0.05, 0) is 19.1 Å². The number of piperazine rings is 1. The fourth-order valence-electron chi connectivity index (χ4n) is 2.88. The zero-order valence-corrected chi connectivity index (χ0v) is 13.6. The first-order chi connectivity index (χ1) is 11.5. The van der Waals surface area contributed by atoms with E-state index in [9.17, 15) is 13.9 Å². The van der Waals surface area contributed by atoms with Gasteiger partial charge in [-0.25, -0.2) is 4.98 Å².